The van der Waals surface area contributed by atoms with Crippen molar-refractivity contribution in [2.24, 2.45) is 5.92 Å². The molecule has 2 aromatic rings. The van der Waals surface area contributed by atoms with Crippen molar-refractivity contribution in [3.8, 4) is 5.69 Å². The van der Waals surface area contributed by atoms with E-state index in [0.29, 0.717) is 5.56 Å². The number of carbonyl (C=O) groups excluding carboxylic acids is 1. The highest BCUT2D eigenvalue weighted by molar-refractivity contribution is 5.94. The van der Waals surface area contributed by atoms with Crippen molar-refractivity contribution >= 4 is 5.91 Å². The van der Waals surface area contributed by atoms with Crippen LogP contribution in [0.5, 0.6) is 0 Å². The lowest BCUT2D eigenvalue weighted by molar-refractivity contribution is -0.142. The molecule has 1 unspecified atom stereocenters. The quantitative estimate of drug-likeness (QED) is 0.923. The van der Waals surface area contributed by atoms with Crippen molar-refractivity contribution in [1.29, 1.82) is 0 Å². The summed E-state index contributed by atoms with van der Waals surface area (Å²) in [5.41, 5.74) is 1.11. The third-order valence-corrected chi connectivity index (χ3v) is 3.00. The first kappa shape index (κ1) is 16.0. The Morgan fingerprint density at radius 3 is 2.55 bits per heavy atom. The minimum Gasteiger partial charge on any atom is -0.352 e. The maximum absolute atomic E-state index is 12.2. The van der Waals surface area contributed by atoms with E-state index in [0.717, 1.165) is 5.69 Å². The number of hydrogen-bond donors (Lipinski definition) is 1. The van der Waals surface area contributed by atoms with Gasteiger partial charge in [-0.25, -0.2) is 9.67 Å². The Balaban J connectivity index is 1.90. The maximum atomic E-state index is 12.2. The van der Waals surface area contributed by atoms with E-state index >= 15 is 0 Å². The highest BCUT2D eigenvalue weighted by Gasteiger charge is 2.29. The smallest absolute Gasteiger partial charge is 0.352 e. The van der Waals surface area contributed by atoms with Crippen molar-refractivity contribution in [2.75, 3.05) is 6.54 Å². The van der Waals surface area contributed by atoms with Crippen LogP contribution in [-0.2, 0) is 0 Å². The molecule has 2 rings (SSSR count). The van der Waals surface area contributed by atoms with E-state index in [2.05, 4.69) is 15.4 Å². The highest BCUT2D eigenvalue weighted by atomic mass is 19.4. The van der Waals surface area contributed by atoms with Gasteiger partial charge in [0.05, 0.1) is 5.69 Å². The van der Waals surface area contributed by atoms with Gasteiger partial charge in [0, 0.05) is 18.5 Å². The molecule has 0 spiro atoms. The van der Waals surface area contributed by atoms with E-state index in [1.54, 1.807) is 24.3 Å². The third kappa shape index (κ3) is 4.57. The fourth-order valence-electron chi connectivity index (χ4n) is 1.94. The Labute approximate surface area is 125 Å². The summed E-state index contributed by atoms with van der Waals surface area (Å²) in [5, 5.41) is 6.45. The molecule has 0 saturated heterocycles. The summed E-state index contributed by atoms with van der Waals surface area (Å²) in [4.78, 5) is 15.7. The first-order chi connectivity index (χ1) is 10.3. The number of nitrogens with zero attached hydrogens (tertiary/aromatic N) is 3. The molecule has 0 aliphatic heterocycles. The molecule has 8 heteroatoms. The van der Waals surface area contributed by atoms with Gasteiger partial charge < -0.3 is 5.32 Å². The second-order valence-electron chi connectivity index (χ2n) is 5.02. The number of aromatic nitrogens is 3. The molecule has 0 saturated carbocycles. The zero-order chi connectivity index (χ0) is 16.2. The fourth-order valence-corrected chi connectivity index (χ4v) is 1.94. The normalized spacial score (nSPS) is 12.9. The number of rotatable bonds is 5. The maximum Gasteiger partial charge on any atom is 0.389 e. The lowest BCUT2D eigenvalue weighted by Crippen LogP contribution is -2.30. The van der Waals surface area contributed by atoms with Gasteiger partial charge in [-0.05, 0) is 30.2 Å². The number of hydrogen-bond acceptors (Lipinski definition) is 3. The summed E-state index contributed by atoms with van der Waals surface area (Å²) in [6, 6.07) is 6.53. The zero-order valence-electron chi connectivity index (χ0n) is 11.8. The first-order valence-electron chi connectivity index (χ1n) is 6.65. The summed E-state index contributed by atoms with van der Waals surface area (Å²) in [7, 11) is 0. The molecule has 1 aromatic heterocycles. The molecule has 0 radical (unpaired) electrons. The Bertz CT molecular complexity index is 608. The van der Waals surface area contributed by atoms with Crippen LogP contribution in [-0.4, -0.2) is 33.4 Å². The van der Waals surface area contributed by atoms with Crippen molar-refractivity contribution in [1.82, 2.24) is 20.1 Å². The highest BCUT2D eigenvalue weighted by Crippen LogP contribution is 2.24. The third-order valence-electron chi connectivity index (χ3n) is 3.00. The summed E-state index contributed by atoms with van der Waals surface area (Å²) in [5.74, 6) is -1.07. The minimum absolute atomic E-state index is 0.0246. The molecule has 1 heterocycles. The van der Waals surface area contributed by atoms with E-state index < -0.39 is 24.4 Å². The zero-order valence-corrected chi connectivity index (χ0v) is 11.8. The van der Waals surface area contributed by atoms with Crippen LogP contribution >= 0.6 is 0 Å². The second-order valence-corrected chi connectivity index (χ2v) is 5.02. The van der Waals surface area contributed by atoms with E-state index in [1.807, 2.05) is 0 Å². The molecule has 0 aliphatic rings. The Morgan fingerprint density at radius 1 is 1.32 bits per heavy atom. The van der Waals surface area contributed by atoms with Crippen LogP contribution in [0.3, 0.4) is 0 Å². The predicted molar refractivity (Wildman–Crippen MR) is 73.5 cm³/mol. The van der Waals surface area contributed by atoms with Gasteiger partial charge in [0.1, 0.15) is 12.7 Å². The minimum atomic E-state index is -4.22. The molecule has 1 N–H and O–H groups in total. The number of alkyl halides is 3. The van der Waals surface area contributed by atoms with Crippen LogP contribution in [0.2, 0.25) is 0 Å². The van der Waals surface area contributed by atoms with Gasteiger partial charge in [0.15, 0.2) is 0 Å². The van der Waals surface area contributed by atoms with Gasteiger partial charge in [0.25, 0.3) is 5.91 Å². The average Bonchev–Trinajstić information content (AvgIpc) is 2.97. The summed E-state index contributed by atoms with van der Waals surface area (Å²) in [6.45, 7) is 1.42. The van der Waals surface area contributed by atoms with E-state index in [1.165, 1.54) is 24.3 Å². The Kier molecular flexibility index (Phi) is 4.79. The standard InChI is InChI=1S/C14H15F3N4O/c1-10(6-14(15,16)17)7-19-13(22)11-2-4-12(5-3-11)21-9-18-8-20-21/h2-5,8-10H,6-7H2,1H3,(H,19,22). The van der Waals surface area contributed by atoms with Crippen molar-refractivity contribution in [3.05, 3.63) is 42.5 Å². The van der Waals surface area contributed by atoms with E-state index in [-0.39, 0.29) is 6.54 Å². The van der Waals surface area contributed by atoms with Gasteiger partial charge in [-0.1, -0.05) is 6.92 Å². The molecule has 1 atom stereocenters. The summed E-state index contributed by atoms with van der Waals surface area (Å²) in [6.07, 6.45) is -2.22. The van der Waals surface area contributed by atoms with Crippen LogP contribution in [0.4, 0.5) is 13.2 Å². The van der Waals surface area contributed by atoms with Crippen molar-refractivity contribution < 1.29 is 18.0 Å². The van der Waals surface area contributed by atoms with Gasteiger partial charge in [0.2, 0.25) is 0 Å². The Morgan fingerprint density at radius 2 is 2.00 bits per heavy atom. The van der Waals surface area contributed by atoms with E-state index in [4.69, 9.17) is 0 Å². The summed E-state index contributed by atoms with van der Waals surface area (Å²) < 4.78 is 38.2. The number of halogens is 3. The average molecular weight is 312 g/mol. The number of carbonyl (C=O) groups is 1. The molecular weight excluding hydrogens is 297 g/mol. The fraction of sp³-hybridized carbons (Fsp3) is 0.357. The van der Waals surface area contributed by atoms with Crippen LogP contribution in [0.15, 0.2) is 36.9 Å². The lowest BCUT2D eigenvalue weighted by atomic mass is 10.1. The van der Waals surface area contributed by atoms with E-state index in [9.17, 15) is 18.0 Å². The molecule has 1 amide bonds. The topological polar surface area (TPSA) is 59.8 Å². The van der Waals surface area contributed by atoms with Crippen LogP contribution in [0.1, 0.15) is 23.7 Å². The number of benzene rings is 1. The molecule has 22 heavy (non-hydrogen) atoms. The Hall–Kier alpha value is -2.38. The molecule has 118 valence electrons. The monoisotopic (exact) mass is 312 g/mol. The molecule has 5 nitrogen and oxygen atoms in total. The molecule has 0 fully saturated rings. The van der Waals surface area contributed by atoms with Crippen LogP contribution in [0.25, 0.3) is 5.69 Å². The SMILES string of the molecule is CC(CNC(=O)c1ccc(-n2cncn2)cc1)CC(F)(F)F. The molecule has 0 aliphatic carbocycles. The number of nitrogens with one attached hydrogen (secondary N) is 1. The lowest BCUT2D eigenvalue weighted by Gasteiger charge is -2.14. The summed E-state index contributed by atoms with van der Waals surface area (Å²) >= 11 is 0. The van der Waals surface area contributed by atoms with Crippen molar-refractivity contribution in [3.63, 3.8) is 0 Å². The van der Waals surface area contributed by atoms with Crippen LogP contribution in [0, 0.1) is 5.92 Å². The molecule has 0 bridgehead atoms. The number of amides is 1. The van der Waals surface area contributed by atoms with Crippen molar-refractivity contribution in [2.45, 2.75) is 19.5 Å². The van der Waals surface area contributed by atoms with Gasteiger partial charge >= 0.3 is 6.18 Å². The molecular formula is C14H15F3N4O. The first-order valence-corrected chi connectivity index (χ1v) is 6.65. The van der Waals surface area contributed by atoms with Gasteiger partial charge in [-0.3, -0.25) is 4.79 Å². The predicted octanol–water partition coefficient (Wildman–Crippen LogP) is 2.59. The van der Waals surface area contributed by atoms with Gasteiger partial charge in [-0.2, -0.15) is 18.3 Å². The van der Waals surface area contributed by atoms with Gasteiger partial charge in [-0.15, -0.1) is 0 Å². The largest absolute Gasteiger partial charge is 0.389 e. The second kappa shape index (κ2) is 6.59. The van der Waals surface area contributed by atoms with Crippen LogP contribution < -0.4 is 5.32 Å². The molecule has 1 aromatic carbocycles.